The number of hydrogen-bond donors (Lipinski definition) is 1. The molecule has 0 aromatic rings. The van der Waals surface area contributed by atoms with Crippen LogP contribution in [-0.4, -0.2) is 35.6 Å². The Morgan fingerprint density at radius 3 is 1.94 bits per heavy atom. The molecule has 16 heavy (non-hydrogen) atoms. The number of halogens is 3. The van der Waals surface area contributed by atoms with Crippen molar-refractivity contribution in [3.8, 4) is 12.1 Å². The molecule has 0 aromatic carbocycles. The van der Waals surface area contributed by atoms with Gasteiger partial charge >= 0.3 is 6.18 Å². The SMILES string of the molecule is CC(N)(C(=O)N(CC#N)CC#N)C(F)(F)F. The second kappa shape index (κ2) is 4.81. The average Bonchev–Trinajstić information content (AvgIpc) is 2.14. The van der Waals surface area contributed by atoms with Crippen molar-refractivity contribution in [1.29, 1.82) is 10.5 Å². The zero-order valence-electron chi connectivity index (χ0n) is 8.38. The molecule has 5 nitrogen and oxygen atoms in total. The Kier molecular flexibility index (Phi) is 4.27. The number of carbonyl (C=O) groups is 1. The van der Waals surface area contributed by atoms with Crippen LogP contribution in [0.5, 0.6) is 0 Å². The third-order valence-corrected chi connectivity index (χ3v) is 1.84. The maximum Gasteiger partial charge on any atom is 0.415 e. The first-order valence-corrected chi connectivity index (χ1v) is 4.07. The van der Waals surface area contributed by atoms with Crippen LogP contribution in [0.3, 0.4) is 0 Å². The van der Waals surface area contributed by atoms with E-state index in [-0.39, 0.29) is 0 Å². The maximum absolute atomic E-state index is 12.4. The minimum Gasteiger partial charge on any atom is -0.314 e. The zero-order chi connectivity index (χ0) is 13.0. The Hall–Kier alpha value is -1.80. The molecule has 0 aliphatic carbocycles. The molecule has 0 saturated heterocycles. The molecule has 2 N–H and O–H groups in total. The van der Waals surface area contributed by atoms with Gasteiger partial charge in [0.15, 0.2) is 5.54 Å². The monoisotopic (exact) mass is 234 g/mol. The van der Waals surface area contributed by atoms with Crippen molar-refractivity contribution in [2.24, 2.45) is 5.73 Å². The van der Waals surface area contributed by atoms with Crippen LogP contribution in [0.4, 0.5) is 13.2 Å². The molecule has 0 aliphatic rings. The molecule has 1 amide bonds. The minimum absolute atomic E-state index is 0.452. The quantitative estimate of drug-likeness (QED) is 0.703. The molecule has 0 saturated carbocycles. The van der Waals surface area contributed by atoms with Crippen LogP contribution in [0.25, 0.3) is 0 Å². The highest BCUT2D eigenvalue weighted by atomic mass is 19.4. The Balaban J connectivity index is 5.03. The maximum atomic E-state index is 12.4. The second-order valence-electron chi connectivity index (χ2n) is 3.18. The van der Waals surface area contributed by atoms with Crippen molar-refractivity contribution < 1.29 is 18.0 Å². The molecule has 0 aliphatic heterocycles. The summed E-state index contributed by atoms with van der Waals surface area (Å²) in [6.45, 7) is -0.735. The summed E-state index contributed by atoms with van der Waals surface area (Å²) in [7, 11) is 0. The Bertz CT molecular complexity index is 334. The summed E-state index contributed by atoms with van der Waals surface area (Å²) in [5, 5.41) is 16.6. The van der Waals surface area contributed by atoms with Gasteiger partial charge in [-0.3, -0.25) is 4.79 Å². The summed E-state index contributed by atoms with van der Waals surface area (Å²) in [6.07, 6.45) is -4.94. The molecule has 0 fully saturated rings. The van der Waals surface area contributed by atoms with Crippen LogP contribution >= 0.6 is 0 Å². The Labute approximate surface area is 89.8 Å². The van der Waals surface area contributed by atoms with Gasteiger partial charge in [-0.15, -0.1) is 0 Å². The van der Waals surface area contributed by atoms with Gasteiger partial charge in [0.05, 0.1) is 12.1 Å². The van der Waals surface area contributed by atoms with E-state index in [4.69, 9.17) is 16.3 Å². The first-order chi connectivity index (χ1) is 7.18. The standard InChI is InChI=1S/C8H9F3N4O/c1-7(14,8(9,10)11)6(16)15(4-2-12)5-3-13/h4-5,14H2,1H3. The third-order valence-electron chi connectivity index (χ3n) is 1.84. The number of nitrogens with zero attached hydrogens (tertiary/aromatic N) is 3. The summed E-state index contributed by atoms with van der Waals surface area (Å²) >= 11 is 0. The van der Waals surface area contributed by atoms with Gasteiger partial charge in [0.25, 0.3) is 5.91 Å². The molecular weight excluding hydrogens is 225 g/mol. The predicted octanol–water partition coefficient (Wildman–Crippen LogP) is 0.142. The number of amides is 1. The number of nitrogens with two attached hydrogens (primary N) is 1. The van der Waals surface area contributed by atoms with E-state index >= 15 is 0 Å². The van der Waals surface area contributed by atoms with Crippen molar-refractivity contribution in [3.05, 3.63) is 0 Å². The molecule has 88 valence electrons. The summed E-state index contributed by atoms with van der Waals surface area (Å²) in [6, 6.07) is 2.98. The van der Waals surface area contributed by atoms with Crippen LogP contribution in [0.1, 0.15) is 6.92 Å². The van der Waals surface area contributed by atoms with E-state index in [1.54, 1.807) is 0 Å². The first-order valence-electron chi connectivity index (χ1n) is 4.07. The van der Waals surface area contributed by atoms with Crippen LogP contribution in [0.2, 0.25) is 0 Å². The van der Waals surface area contributed by atoms with Crippen molar-refractivity contribution >= 4 is 5.91 Å². The van der Waals surface area contributed by atoms with Gasteiger partial charge in [-0.2, -0.15) is 23.7 Å². The van der Waals surface area contributed by atoms with Crippen LogP contribution in [-0.2, 0) is 4.79 Å². The fourth-order valence-corrected chi connectivity index (χ4v) is 0.820. The molecule has 8 heteroatoms. The molecule has 0 rings (SSSR count). The molecular formula is C8H9F3N4O. The Morgan fingerprint density at radius 2 is 1.69 bits per heavy atom. The highest BCUT2D eigenvalue weighted by Gasteiger charge is 2.55. The molecule has 0 bridgehead atoms. The number of hydrogen-bond acceptors (Lipinski definition) is 4. The van der Waals surface area contributed by atoms with Crippen molar-refractivity contribution in [1.82, 2.24) is 4.90 Å². The van der Waals surface area contributed by atoms with Gasteiger partial charge in [-0.1, -0.05) is 0 Å². The fourth-order valence-electron chi connectivity index (χ4n) is 0.820. The van der Waals surface area contributed by atoms with Crippen LogP contribution in [0, 0.1) is 22.7 Å². The first kappa shape index (κ1) is 14.2. The zero-order valence-corrected chi connectivity index (χ0v) is 8.38. The van der Waals surface area contributed by atoms with E-state index in [0.717, 1.165) is 0 Å². The van der Waals surface area contributed by atoms with Gasteiger partial charge in [0.1, 0.15) is 13.1 Å². The highest BCUT2D eigenvalue weighted by molar-refractivity contribution is 5.87. The van der Waals surface area contributed by atoms with Crippen molar-refractivity contribution in [2.75, 3.05) is 13.1 Å². The van der Waals surface area contributed by atoms with E-state index < -0.39 is 30.7 Å². The van der Waals surface area contributed by atoms with Gasteiger partial charge in [0.2, 0.25) is 0 Å². The average molecular weight is 234 g/mol. The van der Waals surface area contributed by atoms with Gasteiger partial charge in [-0.25, -0.2) is 0 Å². The van der Waals surface area contributed by atoms with Gasteiger partial charge in [0, 0.05) is 0 Å². The number of rotatable bonds is 3. The molecule has 1 atom stereocenters. The summed E-state index contributed by atoms with van der Waals surface area (Å²) in [5.74, 6) is -1.50. The lowest BCUT2D eigenvalue weighted by molar-refractivity contribution is -0.193. The van der Waals surface area contributed by atoms with Crippen molar-refractivity contribution in [2.45, 2.75) is 18.6 Å². The van der Waals surface area contributed by atoms with Gasteiger partial charge in [-0.05, 0) is 6.92 Å². The normalized spacial score (nSPS) is 14.4. The number of carbonyl (C=O) groups excluding carboxylic acids is 1. The van der Waals surface area contributed by atoms with E-state index in [9.17, 15) is 18.0 Å². The largest absolute Gasteiger partial charge is 0.415 e. The van der Waals surface area contributed by atoms with Gasteiger partial charge < -0.3 is 10.6 Å². The lowest BCUT2D eigenvalue weighted by atomic mass is 10.0. The fraction of sp³-hybridized carbons (Fsp3) is 0.625. The molecule has 0 spiro atoms. The second-order valence-corrected chi connectivity index (χ2v) is 3.18. The minimum atomic E-state index is -4.94. The van der Waals surface area contributed by atoms with E-state index in [1.807, 2.05) is 0 Å². The number of nitriles is 2. The smallest absolute Gasteiger partial charge is 0.314 e. The van der Waals surface area contributed by atoms with E-state index in [1.165, 1.54) is 12.1 Å². The molecule has 0 radical (unpaired) electrons. The lowest BCUT2D eigenvalue weighted by Crippen LogP contribution is -2.62. The third kappa shape index (κ3) is 2.84. The molecule has 0 heterocycles. The highest BCUT2D eigenvalue weighted by Crippen LogP contribution is 2.29. The molecule has 1 unspecified atom stereocenters. The van der Waals surface area contributed by atoms with E-state index in [2.05, 4.69) is 0 Å². The summed E-state index contributed by atoms with van der Waals surface area (Å²) in [5.41, 5.74) is 1.77. The van der Waals surface area contributed by atoms with E-state index in [0.29, 0.717) is 11.8 Å². The number of alkyl halides is 3. The summed E-state index contributed by atoms with van der Waals surface area (Å²) in [4.78, 5) is 11.8. The summed E-state index contributed by atoms with van der Waals surface area (Å²) < 4.78 is 37.2. The lowest BCUT2D eigenvalue weighted by Gasteiger charge is -2.30. The van der Waals surface area contributed by atoms with Crippen molar-refractivity contribution in [3.63, 3.8) is 0 Å². The molecule has 0 aromatic heterocycles. The predicted molar refractivity (Wildman–Crippen MR) is 46.5 cm³/mol. The Morgan fingerprint density at radius 1 is 1.31 bits per heavy atom. The van der Waals surface area contributed by atoms with Crippen LogP contribution < -0.4 is 5.73 Å². The van der Waals surface area contributed by atoms with Crippen LogP contribution in [0.15, 0.2) is 0 Å². The topological polar surface area (TPSA) is 93.9 Å².